The van der Waals surface area contributed by atoms with Crippen LogP contribution in [0.2, 0.25) is 0 Å². The van der Waals surface area contributed by atoms with Crippen LogP contribution in [0, 0.1) is 0 Å². The van der Waals surface area contributed by atoms with Crippen LogP contribution < -0.4 is 10.6 Å². The molecule has 3 aromatic carbocycles. The van der Waals surface area contributed by atoms with Gasteiger partial charge in [0, 0.05) is 49.1 Å². The van der Waals surface area contributed by atoms with Gasteiger partial charge in [-0.3, -0.25) is 14.8 Å². The van der Waals surface area contributed by atoms with Crippen molar-refractivity contribution in [2.24, 2.45) is 0 Å². The van der Waals surface area contributed by atoms with Crippen molar-refractivity contribution in [1.82, 2.24) is 24.6 Å². The molecule has 1 saturated heterocycles. The van der Waals surface area contributed by atoms with Crippen molar-refractivity contribution in [3.8, 4) is 11.3 Å². The first kappa shape index (κ1) is 25.8. The fraction of sp³-hybridized carbons (Fsp3) is 0.258. The van der Waals surface area contributed by atoms with E-state index in [9.17, 15) is 4.79 Å². The van der Waals surface area contributed by atoms with Crippen molar-refractivity contribution < 1.29 is 9.53 Å². The Morgan fingerprint density at radius 2 is 1.80 bits per heavy atom. The van der Waals surface area contributed by atoms with Gasteiger partial charge in [0.1, 0.15) is 0 Å². The summed E-state index contributed by atoms with van der Waals surface area (Å²) in [5.74, 6) is 0.275. The summed E-state index contributed by atoms with van der Waals surface area (Å²) >= 11 is 0. The first-order chi connectivity index (χ1) is 19.7. The third kappa shape index (κ3) is 6.22. The van der Waals surface area contributed by atoms with Gasteiger partial charge in [0.05, 0.1) is 36.3 Å². The number of carbonyl (C=O) groups excluding carboxylic acids is 1. The molecule has 0 aliphatic carbocycles. The number of aromatic nitrogens is 4. The highest BCUT2D eigenvalue weighted by Crippen LogP contribution is 2.25. The number of anilines is 2. The second-order valence-corrected chi connectivity index (χ2v) is 9.99. The number of ether oxygens (including phenoxy) is 1. The first-order valence-electron chi connectivity index (χ1n) is 13.7. The molecule has 5 aromatic rings. The lowest BCUT2D eigenvalue weighted by molar-refractivity contribution is 0.0378. The van der Waals surface area contributed by atoms with Crippen LogP contribution >= 0.6 is 0 Å². The van der Waals surface area contributed by atoms with Crippen LogP contribution in [0.25, 0.3) is 22.3 Å². The molecule has 40 heavy (non-hydrogen) atoms. The quantitative estimate of drug-likeness (QED) is 0.221. The Morgan fingerprint density at radius 1 is 0.975 bits per heavy atom. The van der Waals surface area contributed by atoms with E-state index in [1.807, 2.05) is 67.0 Å². The van der Waals surface area contributed by atoms with Gasteiger partial charge < -0.3 is 19.9 Å². The van der Waals surface area contributed by atoms with Gasteiger partial charge in [-0.1, -0.05) is 36.4 Å². The largest absolute Gasteiger partial charge is 0.385 e. The minimum Gasteiger partial charge on any atom is -0.385 e. The van der Waals surface area contributed by atoms with Gasteiger partial charge in [-0.15, -0.1) is 0 Å². The molecule has 0 bridgehead atoms. The zero-order valence-corrected chi connectivity index (χ0v) is 22.3. The van der Waals surface area contributed by atoms with Crippen LogP contribution in [-0.4, -0.2) is 69.9 Å². The number of carbonyl (C=O) groups is 1. The third-order valence-electron chi connectivity index (χ3n) is 7.18. The van der Waals surface area contributed by atoms with E-state index in [-0.39, 0.29) is 5.91 Å². The van der Waals surface area contributed by atoms with Crippen LogP contribution in [-0.2, 0) is 11.3 Å². The molecule has 6 rings (SSSR count). The number of hydrogen-bond acceptors (Lipinski definition) is 6. The normalized spacial score (nSPS) is 13.9. The maximum Gasteiger partial charge on any atom is 0.256 e. The predicted octanol–water partition coefficient (Wildman–Crippen LogP) is 4.86. The monoisotopic (exact) mass is 535 g/mol. The average Bonchev–Trinajstić information content (AvgIpc) is 3.63. The topological polar surface area (TPSA) is 100 Å². The van der Waals surface area contributed by atoms with Gasteiger partial charge in [-0.25, -0.2) is 4.98 Å². The molecule has 204 valence electrons. The van der Waals surface area contributed by atoms with E-state index in [1.165, 1.54) is 5.56 Å². The van der Waals surface area contributed by atoms with E-state index in [4.69, 9.17) is 4.74 Å². The second-order valence-electron chi connectivity index (χ2n) is 9.99. The summed E-state index contributed by atoms with van der Waals surface area (Å²) in [5.41, 5.74) is 6.56. The molecular formula is C31H33N7O2. The molecule has 3 N–H and O–H groups in total. The lowest BCUT2D eigenvalue weighted by atomic mass is 10.1. The maximum absolute atomic E-state index is 12.9. The zero-order chi connectivity index (χ0) is 27.1. The molecular weight excluding hydrogens is 502 g/mol. The highest BCUT2D eigenvalue weighted by Gasteiger charge is 2.12. The summed E-state index contributed by atoms with van der Waals surface area (Å²) < 4.78 is 7.53. The minimum absolute atomic E-state index is 0.201. The number of imidazole rings is 1. The van der Waals surface area contributed by atoms with Gasteiger partial charge in [0.25, 0.3) is 5.91 Å². The molecule has 0 spiro atoms. The molecule has 1 amide bonds. The van der Waals surface area contributed by atoms with E-state index in [1.54, 1.807) is 0 Å². The minimum atomic E-state index is -0.201. The van der Waals surface area contributed by atoms with Crippen molar-refractivity contribution in [2.45, 2.75) is 13.0 Å². The molecule has 0 radical (unpaired) electrons. The van der Waals surface area contributed by atoms with Gasteiger partial charge in [0.2, 0.25) is 0 Å². The third-order valence-corrected chi connectivity index (χ3v) is 7.18. The summed E-state index contributed by atoms with van der Waals surface area (Å²) in [7, 11) is 0. The van der Waals surface area contributed by atoms with E-state index in [0.29, 0.717) is 11.4 Å². The molecule has 0 unspecified atom stereocenters. The predicted molar refractivity (Wildman–Crippen MR) is 158 cm³/mol. The van der Waals surface area contributed by atoms with Crippen LogP contribution in [0.3, 0.4) is 0 Å². The molecule has 1 fully saturated rings. The molecule has 3 heterocycles. The average molecular weight is 536 g/mol. The van der Waals surface area contributed by atoms with Crippen LogP contribution in [0.5, 0.6) is 0 Å². The lowest BCUT2D eigenvalue weighted by Crippen LogP contribution is -2.37. The molecule has 1 aliphatic rings. The molecule has 2 aromatic heterocycles. The van der Waals surface area contributed by atoms with Gasteiger partial charge >= 0.3 is 0 Å². The van der Waals surface area contributed by atoms with Crippen LogP contribution in [0.4, 0.5) is 11.5 Å². The number of amides is 1. The summed E-state index contributed by atoms with van der Waals surface area (Å²) in [5, 5.41) is 13.7. The molecule has 9 heteroatoms. The number of nitrogens with zero attached hydrogens (tertiary/aromatic N) is 4. The lowest BCUT2D eigenvalue weighted by Gasteiger charge is -2.26. The van der Waals surface area contributed by atoms with Crippen molar-refractivity contribution in [3.05, 3.63) is 96.3 Å². The number of nitrogens with one attached hydrogen (secondary N) is 3. The van der Waals surface area contributed by atoms with Crippen LogP contribution in [0.1, 0.15) is 22.3 Å². The highest BCUT2D eigenvalue weighted by atomic mass is 16.5. The van der Waals surface area contributed by atoms with E-state index in [2.05, 4.69) is 53.5 Å². The molecule has 1 aliphatic heterocycles. The smallest absolute Gasteiger partial charge is 0.256 e. The van der Waals surface area contributed by atoms with Gasteiger partial charge in [-0.05, 0) is 54.9 Å². The fourth-order valence-electron chi connectivity index (χ4n) is 4.95. The maximum atomic E-state index is 12.9. The van der Waals surface area contributed by atoms with E-state index >= 15 is 0 Å². The van der Waals surface area contributed by atoms with E-state index < -0.39 is 0 Å². The number of fused-ring (bicyclic) bond motifs is 1. The number of benzene rings is 3. The molecule has 0 atom stereocenters. The first-order valence-corrected chi connectivity index (χ1v) is 13.7. The standard InChI is InChI=1S/C31H33N7O2/c39-31(24-7-10-26(11-8-24)32-13-4-14-37-15-17-40-18-16-37)34-30-20-28(35-36-30)25-9-12-27-29(19-25)38(22-33-27)21-23-5-2-1-3-6-23/h1-3,5-12,19-20,22,32H,4,13-18,21H2,(H2,34,35,36,39). The van der Waals surface area contributed by atoms with Crippen molar-refractivity contribution in [2.75, 3.05) is 50.0 Å². The Bertz CT molecular complexity index is 1550. The SMILES string of the molecule is O=C(Nc1cc(-c2ccc3ncn(Cc4ccccc4)c3c2)[nH]n1)c1ccc(NCCCN2CCOCC2)cc1. The summed E-state index contributed by atoms with van der Waals surface area (Å²) in [6.45, 7) is 6.37. The van der Waals surface area contributed by atoms with E-state index in [0.717, 1.165) is 80.3 Å². The Balaban J connectivity index is 1.05. The Kier molecular flexibility index (Phi) is 7.83. The van der Waals surface area contributed by atoms with Crippen molar-refractivity contribution >= 4 is 28.4 Å². The fourth-order valence-corrected chi connectivity index (χ4v) is 4.95. The number of rotatable bonds is 10. The van der Waals surface area contributed by atoms with Gasteiger partial charge in [-0.2, -0.15) is 5.10 Å². The molecule has 9 nitrogen and oxygen atoms in total. The highest BCUT2D eigenvalue weighted by molar-refractivity contribution is 6.04. The number of morpholine rings is 1. The van der Waals surface area contributed by atoms with Crippen molar-refractivity contribution in [1.29, 1.82) is 0 Å². The number of hydrogen-bond donors (Lipinski definition) is 3. The number of H-pyrrole nitrogens is 1. The van der Waals surface area contributed by atoms with Crippen LogP contribution in [0.15, 0.2) is 85.2 Å². The Morgan fingerprint density at radius 3 is 2.62 bits per heavy atom. The summed E-state index contributed by atoms with van der Waals surface area (Å²) in [4.78, 5) is 19.8. The zero-order valence-electron chi connectivity index (χ0n) is 22.3. The van der Waals surface area contributed by atoms with Gasteiger partial charge in [0.15, 0.2) is 5.82 Å². The summed E-state index contributed by atoms with van der Waals surface area (Å²) in [6.07, 6.45) is 2.93. The van der Waals surface area contributed by atoms with Crippen molar-refractivity contribution in [3.63, 3.8) is 0 Å². The number of aromatic amines is 1. The Hall–Kier alpha value is -4.47. The Labute approximate surface area is 233 Å². The summed E-state index contributed by atoms with van der Waals surface area (Å²) in [6, 6.07) is 25.8. The molecule has 0 saturated carbocycles. The second kappa shape index (κ2) is 12.1.